The lowest BCUT2D eigenvalue weighted by molar-refractivity contribution is 0.111. The van der Waals surface area contributed by atoms with Crippen LogP contribution in [0.3, 0.4) is 0 Å². The molecular weight excluding hydrogens is 166 g/mol. The first-order valence-corrected chi connectivity index (χ1v) is 3.81. The molecule has 0 radical (unpaired) electrons. The number of halogens is 1. The van der Waals surface area contributed by atoms with Gasteiger partial charge in [0.2, 0.25) is 0 Å². The summed E-state index contributed by atoms with van der Waals surface area (Å²) in [5.74, 6) is 1.08. The molecule has 0 bridgehead atoms. The Bertz CT molecular complexity index is 291. The highest BCUT2D eigenvalue weighted by molar-refractivity contribution is 6.33. The SMILES string of the molecule is O=Cc1noc(C2CC2)c1Cl. The summed E-state index contributed by atoms with van der Waals surface area (Å²) in [5.41, 5.74) is 0.216. The highest BCUT2D eigenvalue weighted by Crippen LogP contribution is 2.43. The molecule has 0 saturated heterocycles. The van der Waals surface area contributed by atoms with E-state index in [1.165, 1.54) is 0 Å². The van der Waals surface area contributed by atoms with Crippen LogP contribution in [0.2, 0.25) is 5.02 Å². The first-order valence-electron chi connectivity index (χ1n) is 3.43. The summed E-state index contributed by atoms with van der Waals surface area (Å²) in [5, 5.41) is 3.91. The normalized spacial score (nSPS) is 16.8. The number of nitrogens with zero attached hydrogens (tertiary/aromatic N) is 1. The van der Waals surface area contributed by atoms with Crippen molar-refractivity contribution in [2.45, 2.75) is 18.8 Å². The van der Waals surface area contributed by atoms with E-state index in [0.717, 1.165) is 12.8 Å². The molecule has 4 heteroatoms. The fourth-order valence-corrected chi connectivity index (χ4v) is 1.25. The summed E-state index contributed by atoms with van der Waals surface area (Å²) in [6, 6.07) is 0. The Morgan fingerprint density at radius 1 is 1.64 bits per heavy atom. The maximum absolute atomic E-state index is 10.3. The minimum Gasteiger partial charge on any atom is -0.359 e. The maximum atomic E-state index is 10.3. The first-order chi connectivity index (χ1) is 5.33. The number of hydrogen-bond acceptors (Lipinski definition) is 3. The molecule has 1 aromatic heterocycles. The van der Waals surface area contributed by atoms with Gasteiger partial charge in [-0.1, -0.05) is 16.8 Å². The Morgan fingerprint density at radius 3 is 2.82 bits per heavy atom. The van der Waals surface area contributed by atoms with Crippen LogP contribution >= 0.6 is 11.6 Å². The smallest absolute Gasteiger partial charge is 0.173 e. The van der Waals surface area contributed by atoms with Gasteiger partial charge in [-0.15, -0.1) is 0 Å². The molecule has 3 nitrogen and oxygen atoms in total. The molecule has 0 N–H and O–H groups in total. The topological polar surface area (TPSA) is 43.1 Å². The number of hydrogen-bond donors (Lipinski definition) is 0. The van der Waals surface area contributed by atoms with Crippen LogP contribution in [0.25, 0.3) is 0 Å². The van der Waals surface area contributed by atoms with Gasteiger partial charge in [0.25, 0.3) is 0 Å². The van der Waals surface area contributed by atoms with Crippen molar-refractivity contribution in [2.75, 3.05) is 0 Å². The Kier molecular flexibility index (Phi) is 1.46. The third kappa shape index (κ3) is 1.05. The van der Waals surface area contributed by atoms with Crippen LogP contribution in [0, 0.1) is 0 Å². The third-order valence-electron chi connectivity index (χ3n) is 1.74. The zero-order valence-electron chi connectivity index (χ0n) is 5.71. The summed E-state index contributed by atoms with van der Waals surface area (Å²) in [4.78, 5) is 10.3. The first kappa shape index (κ1) is 6.85. The van der Waals surface area contributed by atoms with Crippen molar-refractivity contribution >= 4 is 17.9 Å². The highest BCUT2D eigenvalue weighted by Gasteiger charge is 2.31. The van der Waals surface area contributed by atoms with Gasteiger partial charge in [-0.3, -0.25) is 4.79 Å². The van der Waals surface area contributed by atoms with E-state index in [4.69, 9.17) is 16.1 Å². The third-order valence-corrected chi connectivity index (χ3v) is 2.12. The molecule has 1 aliphatic rings. The van der Waals surface area contributed by atoms with Gasteiger partial charge in [0.05, 0.1) is 0 Å². The molecule has 1 aliphatic carbocycles. The molecule has 0 amide bonds. The number of carbonyl (C=O) groups is 1. The van der Waals surface area contributed by atoms with Gasteiger partial charge in [0, 0.05) is 5.92 Å². The number of aromatic nitrogens is 1. The highest BCUT2D eigenvalue weighted by atomic mass is 35.5. The van der Waals surface area contributed by atoms with Crippen LogP contribution < -0.4 is 0 Å². The minimum atomic E-state index is 0.216. The van der Waals surface area contributed by atoms with Crippen molar-refractivity contribution in [3.8, 4) is 0 Å². The predicted octanol–water partition coefficient (Wildman–Crippen LogP) is 2.02. The predicted molar refractivity (Wildman–Crippen MR) is 38.9 cm³/mol. The molecule has 0 unspecified atom stereocenters. The standard InChI is InChI=1S/C7H6ClNO2/c8-6-5(3-10)9-11-7(6)4-1-2-4/h3-4H,1-2H2. The number of aldehydes is 1. The lowest BCUT2D eigenvalue weighted by Gasteiger charge is -1.85. The van der Waals surface area contributed by atoms with Crippen LogP contribution in [-0.2, 0) is 0 Å². The quantitative estimate of drug-likeness (QED) is 0.640. The number of rotatable bonds is 2. The summed E-state index contributed by atoms with van der Waals surface area (Å²) in [7, 11) is 0. The van der Waals surface area contributed by atoms with Crippen LogP contribution in [0.4, 0.5) is 0 Å². The summed E-state index contributed by atoms with van der Waals surface area (Å²) < 4.78 is 4.90. The van der Waals surface area contributed by atoms with E-state index in [2.05, 4.69) is 5.16 Å². The van der Waals surface area contributed by atoms with Gasteiger partial charge in [0.15, 0.2) is 17.7 Å². The second-order valence-electron chi connectivity index (χ2n) is 2.64. The van der Waals surface area contributed by atoms with Crippen LogP contribution in [0.15, 0.2) is 4.52 Å². The molecule has 11 heavy (non-hydrogen) atoms. The molecule has 0 aromatic carbocycles. The van der Waals surface area contributed by atoms with Crippen molar-refractivity contribution in [1.29, 1.82) is 0 Å². The molecule has 1 fully saturated rings. The van der Waals surface area contributed by atoms with E-state index >= 15 is 0 Å². The van der Waals surface area contributed by atoms with Gasteiger partial charge in [-0.05, 0) is 12.8 Å². The van der Waals surface area contributed by atoms with Gasteiger partial charge in [-0.25, -0.2) is 0 Å². The van der Waals surface area contributed by atoms with Crippen molar-refractivity contribution < 1.29 is 9.32 Å². The zero-order chi connectivity index (χ0) is 7.84. The average Bonchev–Trinajstić information content (AvgIpc) is 2.77. The fraction of sp³-hybridized carbons (Fsp3) is 0.429. The Labute approximate surface area is 68.3 Å². The summed E-state index contributed by atoms with van der Waals surface area (Å²) >= 11 is 5.77. The molecule has 0 aliphatic heterocycles. The molecular formula is C7H6ClNO2. The molecule has 58 valence electrons. The fourth-order valence-electron chi connectivity index (χ4n) is 0.977. The second-order valence-corrected chi connectivity index (χ2v) is 3.02. The van der Waals surface area contributed by atoms with Crippen LogP contribution in [0.5, 0.6) is 0 Å². The average molecular weight is 172 g/mol. The largest absolute Gasteiger partial charge is 0.359 e. The summed E-state index contributed by atoms with van der Waals surface area (Å²) in [6.45, 7) is 0. The molecule has 1 saturated carbocycles. The zero-order valence-corrected chi connectivity index (χ0v) is 6.47. The van der Waals surface area contributed by atoms with E-state index in [9.17, 15) is 4.79 Å². The Balaban J connectivity index is 2.40. The van der Waals surface area contributed by atoms with Crippen molar-refractivity contribution in [2.24, 2.45) is 0 Å². The van der Waals surface area contributed by atoms with Crippen molar-refractivity contribution in [3.05, 3.63) is 16.5 Å². The van der Waals surface area contributed by atoms with Gasteiger partial charge in [0.1, 0.15) is 5.02 Å². The lowest BCUT2D eigenvalue weighted by atomic mass is 10.3. The van der Waals surface area contributed by atoms with Gasteiger partial charge >= 0.3 is 0 Å². The van der Waals surface area contributed by atoms with Crippen molar-refractivity contribution in [1.82, 2.24) is 5.16 Å². The maximum Gasteiger partial charge on any atom is 0.173 e. The minimum absolute atomic E-state index is 0.216. The monoisotopic (exact) mass is 171 g/mol. The number of carbonyl (C=O) groups excluding carboxylic acids is 1. The Hall–Kier alpha value is -0.830. The molecule has 1 heterocycles. The van der Waals surface area contributed by atoms with Crippen LogP contribution in [-0.4, -0.2) is 11.4 Å². The lowest BCUT2D eigenvalue weighted by Crippen LogP contribution is -1.78. The molecule has 2 rings (SSSR count). The Morgan fingerprint density at radius 2 is 2.36 bits per heavy atom. The van der Waals surface area contributed by atoms with E-state index in [0.29, 0.717) is 23.0 Å². The van der Waals surface area contributed by atoms with E-state index in [-0.39, 0.29) is 5.69 Å². The van der Waals surface area contributed by atoms with Gasteiger partial charge < -0.3 is 4.52 Å². The molecule has 0 spiro atoms. The van der Waals surface area contributed by atoms with E-state index < -0.39 is 0 Å². The van der Waals surface area contributed by atoms with Crippen LogP contribution in [0.1, 0.15) is 35.0 Å². The summed E-state index contributed by atoms with van der Waals surface area (Å²) in [6.07, 6.45) is 2.79. The van der Waals surface area contributed by atoms with Gasteiger partial charge in [-0.2, -0.15) is 0 Å². The second kappa shape index (κ2) is 2.34. The molecule has 0 atom stereocenters. The van der Waals surface area contributed by atoms with E-state index in [1.54, 1.807) is 0 Å². The van der Waals surface area contributed by atoms with Crippen molar-refractivity contribution in [3.63, 3.8) is 0 Å². The molecule has 1 aromatic rings. The van der Waals surface area contributed by atoms with E-state index in [1.807, 2.05) is 0 Å².